The molecule has 0 aliphatic heterocycles. The second-order valence-electron chi connectivity index (χ2n) is 4.90. The molecule has 1 saturated carbocycles. The Bertz CT molecular complexity index is 279. The molecule has 1 atom stereocenters. The summed E-state index contributed by atoms with van der Waals surface area (Å²) in [5.74, 6) is 0.535. The average molecular weight is 233 g/mol. The monoisotopic (exact) mass is 233 g/mol. The molecule has 0 radical (unpaired) electrons. The summed E-state index contributed by atoms with van der Waals surface area (Å²) in [5, 5.41) is -0.330. The van der Waals surface area contributed by atoms with E-state index in [0.29, 0.717) is 5.92 Å². The van der Waals surface area contributed by atoms with Crippen LogP contribution in [-0.2, 0) is 10.0 Å². The Hall–Kier alpha value is -0.0900. The topological polar surface area (TPSA) is 46.2 Å². The zero-order valence-electron chi connectivity index (χ0n) is 9.99. The van der Waals surface area contributed by atoms with E-state index in [0.717, 1.165) is 0 Å². The molecule has 1 N–H and O–H groups in total. The van der Waals surface area contributed by atoms with Gasteiger partial charge in [-0.05, 0) is 39.5 Å². The largest absolute Gasteiger partial charge is 0.214 e. The lowest BCUT2D eigenvalue weighted by molar-refractivity contribution is 0.302. The van der Waals surface area contributed by atoms with Crippen LogP contribution >= 0.6 is 0 Å². The molecular formula is C11H23NO2S. The normalized spacial score (nSPS) is 21.9. The molecule has 0 bridgehead atoms. The summed E-state index contributed by atoms with van der Waals surface area (Å²) in [6, 6.07) is 0.0951. The van der Waals surface area contributed by atoms with Gasteiger partial charge in [-0.15, -0.1) is 0 Å². The SMILES string of the molecule is CC(NS(=O)(=O)C(C)C)C1CCCCC1. The zero-order valence-corrected chi connectivity index (χ0v) is 10.8. The Morgan fingerprint density at radius 1 is 1.07 bits per heavy atom. The lowest BCUT2D eigenvalue weighted by Gasteiger charge is -2.28. The fourth-order valence-electron chi connectivity index (χ4n) is 2.13. The van der Waals surface area contributed by atoms with Gasteiger partial charge in [0.15, 0.2) is 0 Å². The molecule has 1 unspecified atom stereocenters. The van der Waals surface area contributed by atoms with Crippen molar-refractivity contribution in [3.8, 4) is 0 Å². The summed E-state index contributed by atoms with van der Waals surface area (Å²) < 4.78 is 26.1. The first kappa shape index (κ1) is 13.0. The highest BCUT2D eigenvalue weighted by atomic mass is 32.2. The highest BCUT2D eigenvalue weighted by Gasteiger charge is 2.25. The van der Waals surface area contributed by atoms with Crippen molar-refractivity contribution >= 4 is 10.0 Å². The summed E-state index contributed by atoms with van der Waals surface area (Å²) in [6.45, 7) is 5.43. The van der Waals surface area contributed by atoms with E-state index in [1.165, 1.54) is 32.1 Å². The third kappa shape index (κ3) is 3.76. The quantitative estimate of drug-likeness (QED) is 0.809. The van der Waals surface area contributed by atoms with Crippen molar-refractivity contribution in [3.63, 3.8) is 0 Å². The Morgan fingerprint density at radius 3 is 2.07 bits per heavy atom. The number of hydrogen-bond donors (Lipinski definition) is 1. The van der Waals surface area contributed by atoms with Gasteiger partial charge in [-0.1, -0.05) is 19.3 Å². The van der Waals surface area contributed by atoms with Crippen LogP contribution < -0.4 is 4.72 Å². The predicted molar refractivity (Wildman–Crippen MR) is 63.2 cm³/mol. The Kier molecular flexibility index (Phi) is 4.59. The highest BCUT2D eigenvalue weighted by Crippen LogP contribution is 2.26. The molecule has 0 heterocycles. The van der Waals surface area contributed by atoms with Crippen LogP contribution in [0, 0.1) is 5.92 Å². The van der Waals surface area contributed by atoms with Gasteiger partial charge in [-0.2, -0.15) is 0 Å². The minimum absolute atomic E-state index is 0.0951. The van der Waals surface area contributed by atoms with Crippen molar-refractivity contribution in [1.29, 1.82) is 0 Å². The van der Waals surface area contributed by atoms with Gasteiger partial charge in [0.25, 0.3) is 0 Å². The van der Waals surface area contributed by atoms with Crippen molar-refractivity contribution < 1.29 is 8.42 Å². The first-order valence-corrected chi connectivity index (χ1v) is 7.49. The summed E-state index contributed by atoms with van der Waals surface area (Å²) in [4.78, 5) is 0. The van der Waals surface area contributed by atoms with Crippen molar-refractivity contribution in [3.05, 3.63) is 0 Å². The second-order valence-corrected chi connectivity index (χ2v) is 7.17. The van der Waals surface area contributed by atoms with E-state index in [1.807, 2.05) is 6.92 Å². The highest BCUT2D eigenvalue weighted by molar-refractivity contribution is 7.90. The third-order valence-electron chi connectivity index (χ3n) is 3.33. The van der Waals surface area contributed by atoms with Crippen molar-refractivity contribution in [2.45, 2.75) is 64.2 Å². The van der Waals surface area contributed by atoms with Gasteiger partial charge in [0.2, 0.25) is 10.0 Å². The predicted octanol–water partition coefficient (Wildman–Crippen LogP) is 2.28. The molecule has 0 amide bonds. The molecule has 1 aliphatic carbocycles. The second kappa shape index (κ2) is 5.30. The van der Waals surface area contributed by atoms with Crippen LogP contribution in [0.4, 0.5) is 0 Å². The third-order valence-corrected chi connectivity index (χ3v) is 5.27. The molecule has 0 aromatic heterocycles. The molecule has 15 heavy (non-hydrogen) atoms. The van der Waals surface area contributed by atoms with Crippen molar-refractivity contribution in [2.75, 3.05) is 0 Å². The van der Waals surface area contributed by atoms with Gasteiger partial charge < -0.3 is 0 Å². The van der Waals surface area contributed by atoms with Gasteiger partial charge >= 0.3 is 0 Å². The summed E-state index contributed by atoms with van der Waals surface area (Å²) in [5.41, 5.74) is 0. The van der Waals surface area contributed by atoms with E-state index >= 15 is 0 Å². The van der Waals surface area contributed by atoms with E-state index < -0.39 is 10.0 Å². The van der Waals surface area contributed by atoms with E-state index in [1.54, 1.807) is 13.8 Å². The molecule has 3 nitrogen and oxygen atoms in total. The Labute approximate surface area is 93.7 Å². The maximum absolute atomic E-state index is 11.7. The van der Waals surface area contributed by atoms with Gasteiger partial charge in [0.1, 0.15) is 0 Å². The van der Waals surface area contributed by atoms with Crippen LogP contribution in [-0.4, -0.2) is 19.7 Å². The minimum atomic E-state index is -3.10. The summed E-state index contributed by atoms with van der Waals surface area (Å²) in [7, 11) is -3.10. The molecule has 1 fully saturated rings. The van der Waals surface area contributed by atoms with Gasteiger partial charge in [0.05, 0.1) is 5.25 Å². The lowest BCUT2D eigenvalue weighted by atomic mass is 9.85. The van der Waals surface area contributed by atoms with Gasteiger partial charge in [-0.3, -0.25) is 0 Å². The lowest BCUT2D eigenvalue weighted by Crippen LogP contribution is -2.42. The summed E-state index contributed by atoms with van der Waals surface area (Å²) in [6.07, 6.45) is 6.14. The summed E-state index contributed by atoms with van der Waals surface area (Å²) >= 11 is 0. The number of hydrogen-bond acceptors (Lipinski definition) is 2. The average Bonchev–Trinajstić information content (AvgIpc) is 2.18. The molecule has 1 rings (SSSR count). The van der Waals surface area contributed by atoms with Crippen LogP contribution in [0.15, 0.2) is 0 Å². The first-order chi connectivity index (χ1) is 6.93. The van der Waals surface area contributed by atoms with Crippen LogP contribution in [0.1, 0.15) is 52.9 Å². The van der Waals surface area contributed by atoms with E-state index in [-0.39, 0.29) is 11.3 Å². The number of rotatable bonds is 4. The fourth-order valence-corrected chi connectivity index (χ4v) is 3.11. The molecule has 0 aromatic carbocycles. The molecule has 0 saturated heterocycles. The maximum atomic E-state index is 11.7. The maximum Gasteiger partial charge on any atom is 0.214 e. The van der Waals surface area contributed by atoms with Crippen molar-refractivity contribution in [2.24, 2.45) is 5.92 Å². The van der Waals surface area contributed by atoms with Crippen LogP contribution in [0.5, 0.6) is 0 Å². The minimum Gasteiger partial charge on any atom is -0.212 e. The molecule has 0 spiro atoms. The van der Waals surface area contributed by atoms with Crippen LogP contribution in [0.2, 0.25) is 0 Å². The number of sulfonamides is 1. The molecule has 0 aromatic rings. The van der Waals surface area contributed by atoms with E-state index in [9.17, 15) is 8.42 Å². The van der Waals surface area contributed by atoms with Crippen LogP contribution in [0.3, 0.4) is 0 Å². The van der Waals surface area contributed by atoms with Gasteiger partial charge in [-0.25, -0.2) is 13.1 Å². The van der Waals surface area contributed by atoms with Crippen molar-refractivity contribution in [1.82, 2.24) is 4.72 Å². The molecule has 1 aliphatic rings. The Morgan fingerprint density at radius 2 is 1.60 bits per heavy atom. The first-order valence-electron chi connectivity index (χ1n) is 5.94. The zero-order chi connectivity index (χ0) is 11.5. The molecular weight excluding hydrogens is 210 g/mol. The standard InChI is InChI=1S/C11H23NO2S/c1-9(2)15(13,14)12-10(3)11-7-5-4-6-8-11/h9-12H,4-8H2,1-3H3. The smallest absolute Gasteiger partial charge is 0.212 e. The molecule has 4 heteroatoms. The van der Waals surface area contributed by atoms with E-state index in [4.69, 9.17) is 0 Å². The van der Waals surface area contributed by atoms with E-state index in [2.05, 4.69) is 4.72 Å². The molecule has 90 valence electrons. The van der Waals surface area contributed by atoms with Gasteiger partial charge in [0, 0.05) is 6.04 Å². The van der Waals surface area contributed by atoms with Crippen LogP contribution in [0.25, 0.3) is 0 Å². The number of nitrogens with one attached hydrogen (secondary N) is 1. The fraction of sp³-hybridized carbons (Fsp3) is 1.00. The Balaban J connectivity index is 2.50.